The van der Waals surface area contributed by atoms with E-state index in [2.05, 4.69) is 10.4 Å². The Labute approximate surface area is 114 Å². The zero-order chi connectivity index (χ0) is 14.3. The molecule has 0 spiro atoms. The molecule has 1 saturated heterocycles. The van der Waals surface area contributed by atoms with Gasteiger partial charge in [-0.3, -0.25) is 24.5 Å². The summed E-state index contributed by atoms with van der Waals surface area (Å²) in [4.78, 5) is 35.6. The number of benzene rings is 1. The first-order valence-electron chi connectivity index (χ1n) is 6.13. The van der Waals surface area contributed by atoms with E-state index >= 15 is 0 Å². The number of aryl methyl sites for hydroxylation is 1. The fourth-order valence-electron chi connectivity index (χ4n) is 2.35. The number of nitrogens with zero attached hydrogens (tertiary/aromatic N) is 3. The highest BCUT2D eigenvalue weighted by atomic mass is 16.2. The fourth-order valence-corrected chi connectivity index (χ4v) is 2.35. The number of anilines is 1. The van der Waals surface area contributed by atoms with Gasteiger partial charge in [-0.2, -0.15) is 5.10 Å². The lowest BCUT2D eigenvalue weighted by Crippen LogP contribution is -2.49. The van der Waals surface area contributed by atoms with Crippen LogP contribution in [0.3, 0.4) is 0 Å². The Morgan fingerprint density at radius 3 is 2.85 bits per heavy atom. The Hall–Kier alpha value is -2.70. The highest BCUT2D eigenvalue weighted by Crippen LogP contribution is 2.29. The van der Waals surface area contributed by atoms with Crippen LogP contribution in [0, 0.1) is 0 Å². The number of aromatic nitrogens is 2. The van der Waals surface area contributed by atoms with Gasteiger partial charge in [0, 0.05) is 37.2 Å². The largest absolute Gasteiger partial charge is 0.328 e. The topological polar surface area (TPSA) is 84.3 Å². The molecular weight excluding hydrogens is 260 g/mol. The molecule has 0 bridgehead atoms. The number of hydrogen-bond acceptors (Lipinski definition) is 4. The molecule has 1 aliphatic heterocycles. The van der Waals surface area contributed by atoms with E-state index in [0.717, 1.165) is 6.29 Å². The number of rotatable bonds is 2. The zero-order valence-electron chi connectivity index (χ0n) is 10.8. The summed E-state index contributed by atoms with van der Waals surface area (Å²) in [5.74, 6) is -0.279. The predicted octanol–water partition coefficient (Wildman–Crippen LogP) is 0.832. The van der Waals surface area contributed by atoms with Gasteiger partial charge in [0.05, 0.1) is 5.69 Å². The van der Waals surface area contributed by atoms with Crippen LogP contribution in [0.1, 0.15) is 16.8 Å². The molecule has 102 valence electrons. The normalized spacial score (nSPS) is 15.6. The fraction of sp³-hybridized carbons (Fsp3) is 0.231. The molecule has 2 aromatic rings. The second-order valence-corrected chi connectivity index (χ2v) is 4.61. The van der Waals surface area contributed by atoms with Crippen LogP contribution in [0.2, 0.25) is 0 Å². The van der Waals surface area contributed by atoms with Gasteiger partial charge >= 0.3 is 6.03 Å². The summed E-state index contributed by atoms with van der Waals surface area (Å²) in [5.41, 5.74) is 1.66. The smallest absolute Gasteiger partial charge is 0.298 e. The van der Waals surface area contributed by atoms with Crippen molar-refractivity contribution in [2.24, 2.45) is 7.05 Å². The Balaban J connectivity index is 2.14. The van der Waals surface area contributed by atoms with Crippen molar-refractivity contribution < 1.29 is 14.4 Å². The summed E-state index contributed by atoms with van der Waals surface area (Å²) >= 11 is 0. The number of fused-ring (bicyclic) bond motifs is 1. The number of carbonyl (C=O) groups is 3. The van der Waals surface area contributed by atoms with Crippen LogP contribution in [0.15, 0.2) is 18.3 Å². The first-order chi connectivity index (χ1) is 9.60. The van der Waals surface area contributed by atoms with Gasteiger partial charge in [0.15, 0.2) is 6.29 Å². The Morgan fingerprint density at radius 2 is 2.15 bits per heavy atom. The van der Waals surface area contributed by atoms with E-state index < -0.39 is 6.03 Å². The van der Waals surface area contributed by atoms with Crippen LogP contribution >= 0.6 is 0 Å². The number of urea groups is 1. The van der Waals surface area contributed by atoms with Gasteiger partial charge < -0.3 is 0 Å². The molecule has 1 aromatic heterocycles. The van der Waals surface area contributed by atoms with Crippen molar-refractivity contribution >= 4 is 34.8 Å². The van der Waals surface area contributed by atoms with Crippen LogP contribution < -0.4 is 10.2 Å². The second-order valence-electron chi connectivity index (χ2n) is 4.61. The third-order valence-corrected chi connectivity index (χ3v) is 3.27. The van der Waals surface area contributed by atoms with Crippen LogP contribution in [-0.2, 0) is 11.8 Å². The molecule has 0 unspecified atom stereocenters. The minimum atomic E-state index is -0.453. The molecule has 7 nitrogen and oxygen atoms in total. The van der Waals surface area contributed by atoms with Crippen molar-refractivity contribution in [3.8, 4) is 0 Å². The Bertz CT molecular complexity index is 735. The van der Waals surface area contributed by atoms with Crippen LogP contribution in [-0.4, -0.2) is 34.5 Å². The van der Waals surface area contributed by atoms with Crippen LogP contribution in [0.4, 0.5) is 10.5 Å². The molecule has 0 aliphatic carbocycles. The molecule has 0 radical (unpaired) electrons. The molecule has 3 rings (SSSR count). The molecule has 7 heteroatoms. The first-order valence-corrected chi connectivity index (χ1v) is 6.13. The van der Waals surface area contributed by atoms with Gasteiger partial charge in [0.1, 0.15) is 5.52 Å². The molecule has 0 saturated carbocycles. The van der Waals surface area contributed by atoms with E-state index in [-0.39, 0.29) is 12.3 Å². The molecule has 1 aliphatic rings. The Morgan fingerprint density at radius 1 is 1.35 bits per heavy atom. The highest BCUT2D eigenvalue weighted by molar-refractivity contribution is 6.11. The van der Waals surface area contributed by atoms with E-state index in [0.29, 0.717) is 28.7 Å². The summed E-state index contributed by atoms with van der Waals surface area (Å²) in [6.07, 6.45) is 2.74. The zero-order valence-corrected chi connectivity index (χ0v) is 10.8. The van der Waals surface area contributed by atoms with Crippen molar-refractivity contribution in [3.63, 3.8) is 0 Å². The van der Waals surface area contributed by atoms with Crippen molar-refractivity contribution in [2.75, 3.05) is 11.4 Å². The van der Waals surface area contributed by atoms with Gasteiger partial charge in [-0.25, -0.2) is 4.79 Å². The van der Waals surface area contributed by atoms with E-state index in [1.165, 1.54) is 4.90 Å². The third kappa shape index (κ3) is 1.83. The summed E-state index contributed by atoms with van der Waals surface area (Å²) in [5, 5.41) is 7.23. The summed E-state index contributed by atoms with van der Waals surface area (Å²) in [6.45, 7) is 0.315. The maximum Gasteiger partial charge on any atom is 0.328 e. The lowest BCUT2D eigenvalue weighted by molar-refractivity contribution is -0.120. The summed E-state index contributed by atoms with van der Waals surface area (Å²) in [7, 11) is 1.75. The third-order valence-electron chi connectivity index (χ3n) is 3.27. The quantitative estimate of drug-likeness (QED) is 0.821. The molecule has 2 heterocycles. The van der Waals surface area contributed by atoms with E-state index in [1.807, 2.05) is 0 Å². The predicted molar refractivity (Wildman–Crippen MR) is 71.6 cm³/mol. The summed E-state index contributed by atoms with van der Waals surface area (Å²) in [6, 6.07) is 2.87. The molecule has 1 N–H and O–H groups in total. The lowest BCUT2D eigenvalue weighted by Gasteiger charge is -2.27. The lowest BCUT2D eigenvalue weighted by atomic mass is 10.1. The number of amides is 3. The molecule has 1 fully saturated rings. The minimum absolute atomic E-state index is 0.253. The van der Waals surface area contributed by atoms with Crippen LogP contribution in [0.25, 0.3) is 10.9 Å². The average Bonchev–Trinajstić information content (AvgIpc) is 2.79. The number of aldehydes is 1. The summed E-state index contributed by atoms with van der Waals surface area (Å²) < 4.78 is 1.59. The van der Waals surface area contributed by atoms with Crippen molar-refractivity contribution in [1.82, 2.24) is 15.1 Å². The van der Waals surface area contributed by atoms with Crippen molar-refractivity contribution in [3.05, 3.63) is 23.9 Å². The molecule has 20 heavy (non-hydrogen) atoms. The monoisotopic (exact) mass is 272 g/mol. The maximum absolute atomic E-state index is 11.9. The van der Waals surface area contributed by atoms with Crippen molar-refractivity contribution in [1.29, 1.82) is 0 Å². The second kappa shape index (κ2) is 4.44. The standard InChI is InChI=1S/C13H12N4O3/c1-16-6-9-10(3-2-8(7-18)12(9)15-16)17-5-4-11(19)14-13(17)20/h2-3,6-7H,4-5H2,1H3,(H,14,19,20). The van der Waals surface area contributed by atoms with Crippen molar-refractivity contribution in [2.45, 2.75) is 6.42 Å². The number of nitrogens with one attached hydrogen (secondary N) is 1. The number of imide groups is 1. The minimum Gasteiger partial charge on any atom is -0.298 e. The maximum atomic E-state index is 11.9. The molecule has 1 aromatic carbocycles. The van der Waals surface area contributed by atoms with E-state index in [1.54, 1.807) is 30.1 Å². The Kier molecular flexibility index (Phi) is 2.74. The van der Waals surface area contributed by atoms with Crippen LogP contribution in [0.5, 0.6) is 0 Å². The average molecular weight is 272 g/mol. The van der Waals surface area contributed by atoms with Gasteiger partial charge in [0.2, 0.25) is 5.91 Å². The van der Waals surface area contributed by atoms with Gasteiger partial charge in [-0.1, -0.05) is 0 Å². The van der Waals surface area contributed by atoms with E-state index in [9.17, 15) is 14.4 Å². The number of carbonyl (C=O) groups excluding carboxylic acids is 3. The first kappa shape index (κ1) is 12.3. The molecular formula is C13H12N4O3. The number of hydrogen-bond donors (Lipinski definition) is 1. The van der Waals surface area contributed by atoms with Gasteiger partial charge in [-0.15, -0.1) is 0 Å². The SMILES string of the molecule is Cn1cc2c(N3CCC(=O)NC3=O)ccc(C=O)c2n1. The van der Waals surface area contributed by atoms with E-state index in [4.69, 9.17) is 0 Å². The highest BCUT2D eigenvalue weighted by Gasteiger charge is 2.26. The van der Waals surface area contributed by atoms with Gasteiger partial charge in [0.25, 0.3) is 0 Å². The molecule has 0 atom stereocenters. The molecule has 3 amide bonds. The van der Waals surface area contributed by atoms with Gasteiger partial charge in [-0.05, 0) is 12.1 Å².